The van der Waals surface area contributed by atoms with Crippen molar-refractivity contribution in [2.45, 2.75) is 290 Å². The first-order chi connectivity index (χ1) is 40.5. The molecule has 0 bridgehead atoms. The topological polar surface area (TPSA) is 78.9 Å². The van der Waals surface area contributed by atoms with Crippen LogP contribution >= 0.6 is 0 Å². The smallest absolute Gasteiger partial charge is 0.306 e. The molecule has 0 amide bonds. The van der Waals surface area contributed by atoms with Crippen LogP contribution < -0.4 is 0 Å². The Labute approximate surface area is 505 Å². The van der Waals surface area contributed by atoms with Crippen molar-refractivity contribution in [3.05, 3.63) is 158 Å². The summed E-state index contributed by atoms with van der Waals surface area (Å²) in [5.74, 6) is -0.940. The SMILES string of the molecule is CC/C=C\C/C=C\C/C=C\C/C=C\C/C=C\C/C=C\C/C=C\C/C=C\C/C=C\CCCCCCCC(=O)OCC(COC(=O)CCCCCCCCCCCCCCCC)OC(=O)CCCCCC/C=C\C/C=C\C/C=C\C/C=C\CC. The quantitative estimate of drug-likeness (QED) is 0.0261. The Morgan fingerprint density at radius 2 is 0.476 bits per heavy atom. The van der Waals surface area contributed by atoms with Crippen LogP contribution in [0.5, 0.6) is 0 Å². The highest BCUT2D eigenvalue weighted by molar-refractivity contribution is 5.71. The van der Waals surface area contributed by atoms with E-state index in [2.05, 4.69) is 179 Å². The van der Waals surface area contributed by atoms with Crippen LogP contribution in [0.4, 0.5) is 0 Å². The number of unbranched alkanes of at least 4 members (excludes halogenated alkanes) is 22. The van der Waals surface area contributed by atoms with E-state index in [1.807, 2.05) is 0 Å². The molecule has 0 spiro atoms. The van der Waals surface area contributed by atoms with Crippen molar-refractivity contribution in [1.29, 1.82) is 0 Å². The summed E-state index contributed by atoms with van der Waals surface area (Å²) in [5.41, 5.74) is 0. The predicted octanol–water partition coefficient (Wildman–Crippen LogP) is 23.3. The molecule has 0 saturated carbocycles. The van der Waals surface area contributed by atoms with Gasteiger partial charge in [0.05, 0.1) is 0 Å². The van der Waals surface area contributed by atoms with E-state index in [-0.39, 0.29) is 31.1 Å². The third kappa shape index (κ3) is 65.8. The summed E-state index contributed by atoms with van der Waals surface area (Å²) in [5, 5.41) is 0. The van der Waals surface area contributed by atoms with E-state index in [9.17, 15) is 14.4 Å². The van der Waals surface area contributed by atoms with Crippen molar-refractivity contribution in [3.63, 3.8) is 0 Å². The van der Waals surface area contributed by atoms with Crippen LogP contribution in [0.2, 0.25) is 0 Å². The van der Waals surface area contributed by atoms with Gasteiger partial charge in [-0.25, -0.2) is 0 Å². The molecule has 0 rings (SSSR count). The second-order valence-corrected chi connectivity index (χ2v) is 21.6. The monoisotopic (exact) mass is 1130 g/mol. The normalized spacial score (nSPS) is 13.2. The molecule has 6 nitrogen and oxygen atoms in total. The number of esters is 3. The fourth-order valence-electron chi connectivity index (χ4n) is 8.84. The van der Waals surface area contributed by atoms with Gasteiger partial charge in [0, 0.05) is 19.3 Å². The summed E-state index contributed by atoms with van der Waals surface area (Å²) in [6, 6.07) is 0. The minimum atomic E-state index is -0.806. The first kappa shape index (κ1) is 77.0. The highest BCUT2D eigenvalue weighted by Crippen LogP contribution is 2.15. The number of ether oxygens (including phenoxy) is 3. The highest BCUT2D eigenvalue weighted by atomic mass is 16.6. The first-order valence-electron chi connectivity index (χ1n) is 33.5. The molecular formula is C76H122O6. The van der Waals surface area contributed by atoms with Gasteiger partial charge in [0.15, 0.2) is 6.10 Å². The van der Waals surface area contributed by atoms with E-state index in [0.29, 0.717) is 19.3 Å². The van der Waals surface area contributed by atoms with Crippen LogP contribution in [0.25, 0.3) is 0 Å². The molecule has 6 heteroatoms. The minimum Gasteiger partial charge on any atom is -0.462 e. The molecule has 0 aliphatic carbocycles. The molecule has 0 fully saturated rings. The maximum Gasteiger partial charge on any atom is 0.306 e. The molecule has 0 aliphatic rings. The zero-order valence-corrected chi connectivity index (χ0v) is 52.9. The van der Waals surface area contributed by atoms with Gasteiger partial charge in [0.1, 0.15) is 13.2 Å². The molecule has 0 aliphatic heterocycles. The van der Waals surface area contributed by atoms with Crippen molar-refractivity contribution >= 4 is 17.9 Å². The van der Waals surface area contributed by atoms with Crippen molar-refractivity contribution < 1.29 is 28.6 Å². The van der Waals surface area contributed by atoms with Gasteiger partial charge in [-0.05, 0) is 128 Å². The van der Waals surface area contributed by atoms with E-state index in [1.165, 1.54) is 70.6 Å². The molecule has 0 aromatic rings. The van der Waals surface area contributed by atoms with E-state index in [1.54, 1.807) is 0 Å². The lowest BCUT2D eigenvalue weighted by molar-refractivity contribution is -0.167. The van der Waals surface area contributed by atoms with Gasteiger partial charge in [-0.1, -0.05) is 294 Å². The van der Waals surface area contributed by atoms with Crippen LogP contribution in [0, 0.1) is 0 Å². The Bertz CT molecular complexity index is 1830. The summed E-state index contributed by atoms with van der Waals surface area (Å²) >= 11 is 0. The summed E-state index contributed by atoms with van der Waals surface area (Å²) in [6.45, 7) is 6.38. The Morgan fingerprint density at radius 3 is 0.744 bits per heavy atom. The van der Waals surface area contributed by atoms with Crippen LogP contribution in [-0.2, 0) is 28.6 Å². The summed E-state index contributed by atoms with van der Waals surface area (Å²) in [4.78, 5) is 38.3. The largest absolute Gasteiger partial charge is 0.462 e. The standard InChI is InChI=1S/C76H122O6/c1-4-7-10-13-16-19-22-25-28-30-31-32-33-34-35-36-37-38-39-40-41-42-43-44-45-47-48-51-54-57-60-63-66-69-75(78)81-72-73(71-80-74(77)68-65-62-59-56-53-50-27-24-21-18-15-12-9-6-3)82-76(79)70-67-64-61-58-55-52-49-46-29-26-23-20-17-14-11-8-5-2/h7-8,10-11,16-17,19-20,25-26,28-29,31-32,34-35,37-38,40-41,43-44,47-49,52,73H,4-6,9,12-15,18,21-24,27,30,33,36,39,42,45-46,50-51,53-72H2,1-3H3/b10-7-,11-8-,19-16-,20-17-,28-25-,29-26-,32-31-,35-34-,38-37-,41-40-,44-43-,48-47-,52-49-. The molecule has 0 aromatic heterocycles. The van der Waals surface area contributed by atoms with E-state index in [0.717, 1.165) is 173 Å². The van der Waals surface area contributed by atoms with Crippen molar-refractivity contribution in [3.8, 4) is 0 Å². The summed E-state index contributed by atoms with van der Waals surface area (Å²) in [6.07, 6.45) is 99.7. The first-order valence-corrected chi connectivity index (χ1v) is 33.5. The lowest BCUT2D eigenvalue weighted by Gasteiger charge is -2.18. The van der Waals surface area contributed by atoms with Gasteiger partial charge in [-0.15, -0.1) is 0 Å². The van der Waals surface area contributed by atoms with Gasteiger partial charge in [-0.3, -0.25) is 14.4 Å². The van der Waals surface area contributed by atoms with Crippen molar-refractivity contribution in [2.24, 2.45) is 0 Å². The second-order valence-electron chi connectivity index (χ2n) is 21.6. The fourth-order valence-corrected chi connectivity index (χ4v) is 8.84. The zero-order chi connectivity index (χ0) is 59.2. The molecular weight excluding hydrogens is 1010 g/mol. The van der Waals surface area contributed by atoms with Crippen molar-refractivity contribution in [2.75, 3.05) is 13.2 Å². The third-order valence-corrected chi connectivity index (χ3v) is 13.8. The van der Waals surface area contributed by atoms with Crippen molar-refractivity contribution in [1.82, 2.24) is 0 Å². The number of allylic oxidation sites excluding steroid dienone is 26. The molecule has 462 valence electrons. The van der Waals surface area contributed by atoms with Gasteiger partial charge < -0.3 is 14.2 Å². The average Bonchev–Trinajstić information content (AvgIpc) is 3.47. The molecule has 82 heavy (non-hydrogen) atoms. The van der Waals surface area contributed by atoms with E-state index < -0.39 is 6.10 Å². The van der Waals surface area contributed by atoms with Crippen LogP contribution in [0.15, 0.2) is 158 Å². The average molecular weight is 1130 g/mol. The van der Waals surface area contributed by atoms with Crippen LogP contribution in [0.1, 0.15) is 284 Å². The molecule has 0 aromatic carbocycles. The predicted molar refractivity (Wildman–Crippen MR) is 357 cm³/mol. The maximum absolute atomic E-state index is 12.9. The number of carbonyl (C=O) groups excluding carboxylic acids is 3. The minimum absolute atomic E-state index is 0.0975. The van der Waals surface area contributed by atoms with E-state index in [4.69, 9.17) is 14.2 Å². The molecule has 0 radical (unpaired) electrons. The lowest BCUT2D eigenvalue weighted by Crippen LogP contribution is -2.30. The lowest BCUT2D eigenvalue weighted by atomic mass is 10.0. The Morgan fingerprint density at radius 1 is 0.256 bits per heavy atom. The van der Waals surface area contributed by atoms with Gasteiger partial charge in [0.25, 0.3) is 0 Å². The highest BCUT2D eigenvalue weighted by Gasteiger charge is 2.19. The number of hydrogen-bond acceptors (Lipinski definition) is 6. The summed E-state index contributed by atoms with van der Waals surface area (Å²) in [7, 11) is 0. The number of rotatable bonds is 59. The Kier molecular flexibility index (Phi) is 64.4. The Balaban J connectivity index is 4.38. The van der Waals surface area contributed by atoms with Gasteiger partial charge in [-0.2, -0.15) is 0 Å². The third-order valence-electron chi connectivity index (χ3n) is 13.8. The molecule has 0 N–H and O–H groups in total. The number of carbonyl (C=O) groups is 3. The summed E-state index contributed by atoms with van der Waals surface area (Å²) < 4.78 is 16.9. The molecule has 1 unspecified atom stereocenters. The maximum atomic E-state index is 12.9. The Hall–Kier alpha value is -4.97. The number of hydrogen-bond donors (Lipinski definition) is 0. The fraction of sp³-hybridized carbons (Fsp3) is 0.618. The molecule has 0 heterocycles. The zero-order valence-electron chi connectivity index (χ0n) is 52.9. The van der Waals surface area contributed by atoms with E-state index >= 15 is 0 Å². The van der Waals surface area contributed by atoms with Crippen LogP contribution in [-0.4, -0.2) is 37.2 Å². The second kappa shape index (κ2) is 68.5. The molecule has 1 atom stereocenters. The van der Waals surface area contributed by atoms with Gasteiger partial charge >= 0.3 is 17.9 Å². The molecule has 0 saturated heterocycles. The van der Waals surface area contributed by atoms with Gasteiger partial charge in [0.2, 0.25) is 0 Å². The van der Waals surface area contributed by atoms with Crippen LogP contribution in [0.3, 0.4) is 0 Å².